The molecule has 88 valence electrons. The number of anilines is 1. The Bertz CT molecular complexity index is 441. The second-order valence-corrected chi connectivity index (χ2v) is 3.74. The van der Waals surface area contributed by atoms with E-state index in [0.29, 0.717) is 6.54 Å². The molecule has 17 heavy (non-hydrogen) atoms. The summed E-state index contributed by atoms with van der Waals surface area (Å²) in [6, 6.07) is 9.62. The minimum Gasteiger partial charge on any atom is -0.299 e. The SMILES string of the molecule is CCNC1(C=O)C=CC=NN1c1ccccc1. The molecule has 0 aromatic heterocycles. The number of likely N-dealkylation sites (N-methyl/N-ethyl adjacent to an activating group) is 1. The maximum atomic E-state index is 11.4. The van der Waals surface area contributed by atoms with Crippen LogP contribution in [0.5, 0.6) is 0 Å². The van der Waals surface area contributed by atoms with Gasteiger partial charge in [0.2, 0.25) is 0 Å². The Morgan fingerprint density at radius 1 is 1.41 bits per heavy atom. The molecule has 1 aromatic rings. The van der Waals surface area contributed by atoms with Gasteiger partial charge in [-0.1, -0.05) is 25.1 Å². The van der Waals surface area contributed by atoms with Crippen molar-refractivity contribution in [3.8, 4) is 0 Å². The van der Waals surface area contributed by atoms with Crippen LogP contribution in [0, 0.1) is 0 Å². The van der Waals surface area contributed by atoms with Crippen LogP contribution in [0.25, 0.3) is 0 Å². The molecule has 0 saturated carbocycles. The van der Waals surface area contributed by atoms with Gasteiger partial charge in [-0.25, -0.2) is 5.01 Å². The third-order valence-corrected chi connectivity index (χ3v) is 2.61. The molecule has 1 heterocycles. The van der Waals surface area contributed by atoms with E-state index in [1.807, 2.05) is 43.3 Å². The zero-order chi connectivity index (χ0) is 12.1. The van der Waals surface area contributed by atoms with Crippen LogP contribution in [0.1, 0.15) is 6.92 Å². The van der Waals surface area contributed by atoms with Gasteiger partial charge in [0.05, 0.1) is 5.69 Å². The van der Waals surface area contributed by atoms with Crippen molar-refractivity contribution in [2.75, 3.05) is 11.6 Å². The second-order valence-electron chi connectivity index (χ2n) is 3.74. The van der Waals surface area contributed by atoms with Crippen molar-refractivity contribution < 1.29 is 4.79 Å². The lowest BCUT2D eigenvalue weighted by Crippen LogP contribution is -2.58. The predicted octanol–water partition coefficient (Wildman–Crippen LogP) is 1.55. The van der Waals surface area contributed by atoms with E-state index >= 15 is 0 Å². The Balaban J connectivity index is 2.40. The summed E-state index contributed by atoms with van der Waals surface area (Å²) in [6.07, 6.45) is 6.13. The van der Waals surface area contributed by atoms with E-state index in [0.717, 1.165) is 12.0 Å². The first kappa shape index (κ1) is 11.5. The Kier molecular flexibility index (Phi) is 3.35. The molecule has 1 N–H and O–H groups in total. The maximum Gasteiger partial charge on any atom is 0.188 e. The first-order valence-corrected chi connectivity index (χ1v) is 5.61. The molecule has 1 atom stereocenters. The van der Waals surface area contributed by atoms with Crippen molar-refractivity contribution in [3.63, 3.8) is 0 Å². The molecule has 1 unspecified atom stereocenters. The average Bonchev–Trinajstić information content (AvgIpc) is 2.40. The second kappa shape index (κ2) is 4.93. The largest absolute Gasteiger partial charge is 0.299 e. The van der Waals surface area contributed by atoms with Crippen LogP contribution in [-0.2, 0) is 4.79 Å². The summed E-state index contributed by atoms with van der Waals surface area (Å²) in [6.45, 7) is 2.64. The fourth-order valence-corrected chi connectivity index (χ4v) is 1.86. The quantitative estimate of drug-likeness (QED) is 0.797. The first-order valence-electron chi connectivity index (χ1n) is 5.61. The lowest BCUT2D eigenvalue weighted by Gasteiger charge is -2.37. The molecule has 1 aliphatic rings. The normalized spacial score (nSPS) is 22.8. The van der Waals surface area contributed by atoms with E-state index < -0.39 is 5.66 Å². The average molecular weight is 229 g/mol. The number of carbonyl (C=O) groups excluding carboxylic acids is 1. The first-order chi connectivity index (χ1) is 8.32. The van der Waals surface area contributed by atoms with E-state index in [4.69, 9.17) is 0 Å². The number of benzene rings is 1. The summed E-state index contributed by atoms with van der Waals surface area (Å²) in [7, 11) is 0. The van der Waals surface area contributed by atoms with Gasteiger partial charge >= 0.3 is 0 Å². The van der Waals surface area contributed by atoms with Crippen molar-refractivity contribution in [2.45, 2.75) is 12.6 Å². The molecule has 0 amide bonds. The number of rotatable bonds is 4. The molecule has 2 rings (SSSR count). The standard InChI is InChI=1S/C13H15N3O/c1-2-14-13(11-17)9-6-10-15-16(13)12-7-4-3-5-8-12/h3-11,14H,2H2,1H3. The van der Waals surface area contributed by atoms with Gasteiger partial charge < -0.3 is 0 Å². The van der Waals surface area contributed by atoms with Gasteiger partial charge in [0.15, 0.2) is 11.9 Å². The summed E-state index contributed by atoms with van der Waals surface area (Å²) in [5, 5.41) is 9.11. The fraction of sp³-hybridized carbons (Fsp3) is 0.231. The van der Waals surface area contributed by atoms with E-state index in [9.17, 15) is 4.79 Å². The van der Waals surface area contributed by atoms with Gasteiger partial charge in [-0.2, -0.15) is 5.10 Å². The highest BCUT2D eigenvalue weighted by atomic mass is 16.1. The Morgan fingerprint density at radius 3 is 2.82 bits per heavy atom. The number of nitrogens with zero attached hydrogens (tertiary/aromatic N) is 2. The van der Waals surface area contributed by atoms with E-state index in [1.165, 1.54) is 0 Å². The number of nitrogens with one attached hydrogen (secondary N) is 1. The van der Waals surface area contributed by atoms with Gasteiger partial charge in [0.1, 0.15) is 0 Å². The zero-order valence-electron chi connectivity index (χ0n) is 9.71. The monoisotopic (exact) mass is 229 g/mol. The molecule has 0 saturated heterocycles. The minimum absolute atomic E-state index is 0.682. The van der Waals surface area contributed by atoms with Crippen LogP contribution in [0.2, 0.25) is 0 Å². The van der Waals surface area contributed by atoms with Crippen LogP contribution in [0.4, 0.5) is 5.69 Å². The van der Waals surface area contributed by atoms with Crippen molar-refractivity contribution in [1.29, 1.82) is 0 Å². The zero-order valence-corrected chi connectivity index (χ0v) is 9.71. The predicted molar refractivity (Wildman–Crippen MR) is 69.0 cm³/mol. The van der Waals surface area contributed by atoms with Gasteiger partial charge in [-0.3, -0.25) is 10.1 Å². The minimum atomic E-state index is -0.884. The van der Waals surface area contributed by atoms with Crippen LogP contribution in [-0.4, -0.2) is 24.7 Å². The number of para-hydroxylation sites is 1. The summed E-state index contributed by atoms with van der Waals surface area (Å²) in [4.78, 5) is 11.4. The molecule has 0 aliphatic carbocycles. The van der Waals surface area contributed by atoms with E-state index in [2.05, 4.69) is 10.4 Å². The highest BCUT2D eigenvalue weighted by Crippen LogP contribution is 2.24. The van der Waals surface area contributed by atoms with Gasteiger partial charge in [0, 0.05) is 6.21 Å². The maximum absolute atomic E-state index is 11.4. The third kappa shape index (κ3) is 2.12. The van der Waals surface area contributed by atoms with Crippen LogP contribution >= 0.6 is 0 Å². The van der Waals surface area contributed by atoms with Crippen LogP contribution in [0.15, 0.2) is 47.6 Å². The lowest BCUT2D eigenvalue weighted by molar-refractivity contribution is -0.111. The Hall–Kier alpha value is -1.94. The third-order valence-electron chi connectivity index (χ3n) is 2.61. The molecule has 1 aliphatic heterocycles. The van der Waals surface area contributed by atoms with Crippen LogP contribution in [0.3, 0.4) is 0 Å². The summed E-state index contributed by atoms with van der Waals surface area (Å²) >= 11 is 0. The molecule has 0 radical (unpaired) electrons. The molecule has 4 nitrogen and oxygen atoms in total. The summed E-state index contributed by atoms with van der Waals surface area (Å²) in [5.41, 5.74) is -0.00801. The Morgan fingerprint density at radius 2 is 2.18 bits per heavy atom. The number of hydrogen-bond donors (Lipinski definition) is 1. The summed E-state index contributed by atoms with van der Waals surface area (Å²) < 4.78 is 0. The van der Waals surface area contributed by atoms with E-state index in [1.54, 1.807) is 17.3 Å². The van der Waals surface area contributed by atoms with Gasteiger partial charge in [-0.15, -0.1) is 0 Å². The topological polar surface area (TPSA) is 44.7 Å². The highest BCUT2D eigenvalue weighted by Gasteiger charge is 2.35. The number of allylic oxidation sites excluding steroid dienone is 1. The van der Waals surface area contributed by atoms with Gasteiger partial charge in [-0.05, 0) is 30.8 Å². The fourth-order valence-electron chi connectivity index (χ4n) is 1.86. The Labute approximate surface area is 101 Å². The van der Waals surface area contributed by atoms with Crippen LogP contribution < -0.4 is 10.3 Å². The van der Waals surface area contributed by atoms with Crippen molar-refractivity contribution >= 4 is 18.2 Å². The highest BCUT2D eigenvalue weighted by molar-refractivity contribution is 5.83. The number of hydrazone groups is 1. The number of aldehydes is 1. The molecule has 4 heteroatoms. The molecular formula is C13H15N3O. The van der Waals surface area contributed by atoms with Gasteiger partial charge in [0.25, 0.3) is 0 Å². The lowest BCUT2D eigenvalue weighted by atomic mass is 10.1. The van der Waals surface area contributed by atoms with Crippen molar-refractivity contribution in [2.24, 2.45) is 5.10 Å². The van der Waals surface area contributed by atoms with E-state index in [-0.39, 0.29) is 0 Å². The molecule has 0 spiro atoms. The number of carbonyl (C=O) groups is 1. The van der Waals surface area contributed by atoms with Crippen molar-refractivity contribution in [3.05, 3.63) is 42.5 Å². The van der Waals surface area contributed by atoms with Crippen molar-refractivity contribution in [1.82, 2.24) is 5.32 Å². The molecular weight excluding hydrogens is 214 g/mol. The molecule has 0 bridgehead atoms. The number of hydrogen-bond acceptors (Lipinski definition) is 4. The molecule has 1 aromatic carbocycles. The molecule has 0 fully saturated rings. The summed E-state index contributed by atoms with van der Waals surface area (Å²) in [5.74, 6) is 0. The smallest absolute Gasteiger partial charge is 0.188 e.